The van der Waals surface area contributed by atoms with Crippen LogP contribution in [-0.2, 0) is 0 Å². The van der Waals surface area contributed by atoms with Crippen LogP contribution in [0.25, 0.3) is 21.0 Å². The number of amides is 1. The lowest BCUT2D eigenvalue weighted by molar-refractivity contribution is 0.0961. The van der Waals surface area contributed by atoms with Gasteiger partial charge in [-0.05, 0) is 55.5 Å². The zero-order valence-corrected chi connectivity index (χ0v) is 17.2. The zero-order valence-electron chi connectivity index (χ0n) is 16.4. The molecule has 4 rings (SSSR count). The highest BCUT2D eigenvalue weighted by Gasteiger charge is 2.22. The van der Waals surface area contributed by atoms with Crippen molar-refractivity contribution in [1.29, 1.82) is 5.26 Å². The summed E-state index contributed by atoms with van der Waals surface area (Å²) in [7, 11) is 0. The van der Waals surface area contributed by atoms with Crippen molar-refractivity contribution in [2.24, 2.45) is 0 Å². The second kappa shape index (κ2) is 8.80. The Balaban J connectivity index is 1.60. The Morgan fingerprint density at radius 1 is 1.17 bits per heavy atom. The van der Waals surface area contributed by atoms with Gasteiger partial charge in [-0.3, -0.25) is 4.79 Å². The van der Waals surface area contributed by atoms with Crippen molar-refractivity contribution in [2.75, 3.05) is 18.1 Å². The van der Waals surface area contributed by atoms with Crippen LogP contribution in [0, 0.1) is 11.3 Å². The maximum Gasteiger partial charge on any atom is 0.294 e. The van der Waals surface area contributed by atoms with Crippen LogP contribution in [0.5, 0.6) is 5.75 Å². The van der Waals surface area contributed by atoms with Gasteiger partial charge in [-0.15, -0.1) is 11.3 Å². The molecule has 0 saturated heterocycles. The average Bonchev–Trinajstić information content (AvgIpc) is 3.42. The SMILES string of the molecule is CCOc1ccc(N(CCC#N)C(=O)c2ccc(-c3nc4ccccc4s3)o2)cc1. The van der Waals surface area contributed by atoms with Gasteiger partial charge < -0.3 is 14.1 Å². The molecule has 0 aliphatic heterocycles. The lowest BCUT2D eigenvalue weighted by atomic mass is 10.2. The molecule has 0 aliphatic rings. The van der Waals surface area contributed by atoms with Crippen molar-refractivity contribution >= 4 is 33.1 Å². The number of ether oxygens (including phenoxy) is 1. The third kappa shape index (κ3) is 4.04. The predicted molar refractivity (Wildman–Crippen MR) is 117 cm³/mol. The number of carbonyl (C=O) groups is 1. The van der Waals surface area contributed by atoms with E-state index in [1.807, 2.05) is 31.2 Å². The van der Waals surface area contributed by atoms with Crippen molar-refractivity contribution in [1.82, 2.24) is 4.98 Å². The second-order valence-corrected chi connectivity index (χ2v) is 7.47. The molecular weight excluding hydrogens is 398 g/mol. The number of nitrogens with zero attached hydrogens (tertiary/aromatic N) is 3. The number of anilines is 1. The molecule has 0 N–H and O–H groups in total. The monoisotopic (exact) mass is 417 g/mol. The number of benzene rings is 2. The molecule has 0 aliphatic carbocycles. The van der Waals surface area contributed by atoms with E-state index in [1.165, 1.54) is 11.3 Å². The number of carbonyl (C=O) groups excluding carboxylic acids is 1. The van der Waals surface area contributed by atoms with Crippen LogP contribution in [0.15, 0.2) is 65.1 Å². The van der Waals surface area contributed by atoms with Crippen LogP contribution in [0.3, 0.4) is 0 Å². The van der Waals surface area contributed by atoms with E-state index in [-0.39, 0.29) is 24.6 Å². The van der Waals surface area contributed by atoms with E-state index >= 15 is 0 Å². The maximum atomic E-state index is 13.2. The summed E-state index contributed by atoms with van der Waals surface area (Å²) in [6.07, 6.45) is 0.213. The fourth-order valence-electron chi connectivity index (χ4n) is 3.08. The van der Waals surface area contributed by atoms with Crippen molar-refractivity contribution in [3.05, 3.63) is 66.4 Å². The van der Waals surface area contributed by atoms with Gasteiger partial charge in [0.15, 0.2) is 16.5 Å². The molecule has 0 unspecified atom stereocenters. The number of thiazole rings is 1. The van der Waals surface area contributed by atoms with Gasteiger partial charge in [0, 0.05) is 12.2 Å². The van der Waals surface area contributed by atoms with Gasteiger partial charge in [-0.25, -0.2) is 4.98 Å². The first-order valence-electron chi connectivity index (χ1n) is 9.57. The molecule has 30 heavy (non-hydrogen) atoms. The highest BCUT2D eigenvalue weighted by Crippen LogP contribution is 2.32. The number of hydrogen-bond donors (Lipinski definition) is 0. The van der Waals surface area contributed by atoms with E-state index in [2.05, 4.69) is 11.1 Å². The topological polar surface area (TPSA) is 79.4 Å². The molecule has 0 radical (unpaired) electrons. The summed E-state index contributed by atoms with van der Waals surface area (Å²) in [5, 5.41) is 9.73. The van der Waals surface area contributed by atoms with E-state index in [0.29, 0.717) is 18.1 Å². The van der Waals surface area contributed by atoms with Gasteiger partial charge >= 0.3 is 0 Å². The Bertz CT molecular complexity index is 1170. The molecule has 2 heterocycles. The van der Waals surface area contributed by atoms with E-state index in [0.717, 1.165) is 21.0 Å². The smallest absolute Gasteiger partial charge is 0.294 e. The normalized spacial score (nSPS) is 10.7. The van der Waals surface area contributed by atoms with Crippen LogP contribution in [0.4, 0.5) is 5.69 Å². The molecule has 0 fully saturated rings. The Hall–Kier alpha value is -3.63. The van der Waals surface area contributed by atoms with Crippen LogP contribution >= 0.6 is 11.3 Å². The summed E-state index contributed by atoms with van der Waals surface area (Å²) in [4.78, 5) is 19.3. The molecule has 1 amide bonds. The van der Waals surface area contributed by atoms with Gasteiger partial charge in [0.1, 0.15) is 5.75 Å². The largest absolute Gasteiger partial charge is 0.494 e. The molecule has 150 valence electrons. The highest BCUT2D eigenvalue weighted by molar-refractivity contribution is 7.21. The van der Waals surface area contributed by atoms with Crippen LogP contribution in [-0.4, -0.2) is 24.0 Å². The lowest BCUT2D eigenvalue weighted by Crippen LogP contribution is -2.31. The number of rotatable bonds is 7. The number of aromatic nitrogens is 1. The molecule has 4 aromatic rings. The first-order valence-corrected chi connectivity index (χ1v) is 10.4. The molecule has 0 atom stereocenters. The second-order valence-electron chi connectivity index (χ2n) is 6.44. The number of furan rings is 1. The first kappa shape index (κ1) is 19.7. The number of hydrogen-bond acceptors (Lipinski definition) is 6. The summed E-state index contributed by atoms with van der Waals surface area (Å²) >= 11 is 1.51. The van der Waals surface area contributed by atoms with Crippen molar-refractivity contribution in [3.63, 3.8) is 0 Å². The van der Waals surface area contributed by atoms with Gasteiger partial charge in [-0.1, -0.05) is 12.1 Å². The quantitative estimate of drug-likeness (QED) is 0.396. The number of para-hydroxylation sites is 1. The minimum atomic E-state index is -0.304. The molecule has 6 nitrogen and oxygen atoms in total. The van der Waals surface area contributed by atoms with Crippen molar-refractivity contribution in [3.8, 4) is 22.6 Å². The van der Waals surface area contributed by atoms with Gasteiger partial charge in [0.2, 0.25) is 0 Å². The summed E-state index contributed by atoms with van der Waals surface area (Å²) in [6, 6.07) is 20.6. The summed E-state index contributed by atoms with van der Waals surface area (Å²) in [5.41, 5.74) is 1.57. The Labute approximate surface area is 177 Å². The van der Waals surface area contributed by atoms with Crippen LogP contribution < -0.4 is 9.64 Å². The minimum absolute atomic E-state index is 0.205. The number of nitriles is 1. The fourth-order valence-corrected chi connectivity index (χ4v) is 4.00. The van der Waals surface area contributed by atoms with E-state index in [4.69, 9.17) is 14.4 Å². The highest BCUT2D eigenvalue weighted by atomic mass is 32.1. The molecule has 2 aromatic heterocycles. The van der Waals surface area contributed by atoms with Gasteiger partial charge in [0.05, 0.1) is 29.3 Å². The zero-order chi connectivity index (χ0) is 20.9. The summed E-state index contributed by atoms with van der Waals surface area (Å²) < 4.78 is 12.4. The molecule has 2 aromatic carbocycles. The van der Waals surface area contributed by atoms with E-state index in [9.17, 15) is 4.79 Å². The van der Waals surface area contributed by atoms with Crippen molar-refractivity contribution < 1.29 is 13.9 Å². The molecule has 0 spiro atoms. The Morgan fingerprint density at radius 3 is 2.70 bits per heavy atom. The summed E-state index contributed by atoms with van der Waals surface area (Å²) in [5.74, 6) is 1.18. The molecule has 7 heteroatoms. The van der Waals surface area contributed by atoms with Gasteiger partial charge in [0.25, 0.3) is 5.91 Å². The molecule has 0 bridgehead atoms. The van der Waals surface area contributed by atoms with Crippen LogP contribution in [0.2, 0.25) is 0 Å². The lowest BCUT2D eigenvalue weighted by Gasteiger charge is -2.21. The number of fused-ring (bicyclic) bond motifs is 1. The van der Waals surface area contributed by atoms with E-state index in [1.54, 1.807) is 41.3 Å². The first-order chi connectivity index (χ1) is 14.7. The summed E-state index contributed by atoms with van der Waals surface area (Å²) in [6.45, 7) is 2.74. The average molecular weight is 417 g/mol. The minimum Gasteiger partial charge on any atom is -0.494 e. The van der Waals surface area contributed by atoms with Crippen molar-refractivity contribution in [2.45, 2.75) is 13.3 Å². The predicted octanol–water partition coefficient (Wildman–Crippen LogP) is 5.52. The molecular formula is C23H19N3O3S. The third-order valence-corrected chi connectivity index (χ3v) is 5.52. The maximum absolute atomic E-state index is 13.2. The van der Waals surface area contributed by atoms with Crippen LogP contribution in [0.1, 0.15) is 23.9 Å². The standard InChI is InChI=1S/C23H19N3O3S/c1-2-28-17-10-8-16(9-11-17)26(15-5-14-24)23(27)20-13-12-19(29-20)22-25-18-6-3-4-7-21(18)30-22/h3-4,6-13H,2,5,15H2,1H3. The fraction of sp³-hybridized carbons (Fsp3) is 0.174. The molecule has 0 saturated carbocycles. The van der Waals surface area contributed by atoms with Gasteiger partial charge in [-0.2, -0.15) is 5.26 Å². The Kier molecular flexibility index (Phi) is 5.77. The third-order valence-electron chi connectivity index (χ3n) is 4.47. The Morgan fingerprint density at radius 2 is 1.97 bits per heavy atom. The van der Waals surface area contributed by atoms with E-state index < -0.39 is 0 Å².